The standard InChI is InChI=1S/C25H26N4OS2/c30-25-23-19-11-10-17(26-13-22-28-20(14-31-22)16-6-2-1-3-7-16)12-21(19)32-24(23)27-15-29(25)18-8-4-5-9-18/h1-3,6-7,14-15,17-18,26H,4-5,8-13H2. The average molecular weight is 463 g/mol. The van der Waals surface area contributed by atoms with Crippen LogP contribution in [0.1, 0.15) is 53.6 Å². The summed E-state index contributed by atoms with van der Waals surface area (Å²) in [4.78, 5) is 25.0. The first-order valence-electron chi connectivity index (χ1n) is 11.5. The van der Waals surface area contributed by atoms with E-state index >= 15 is 0 Å². The Morgan fingerprint density at radius 3 is 2.81 bits per heavy atom. The van der Waals surface area contributed by atoms with Crippen LogP contribution in [0, 0.1) is 0 Å². The van der Waals surface area contributed by atoms with E-state index in [4.69, 9.17) is 9.97 Å². The summed E-state index contributed by atoms with van der Waals surface area (Å²) >= 11 is 3.43. The van der Waals surface area contributed by atoms with Gasteiger partial charge in [-0.1, -0.05) is 43.2 Å². The van der Waals surface area contributed by atoms with E-state index in [1.807, 2.05) is 10.6 Å². The van der Waals surface area contributed by atoms with E-state index in [0.717, 1.165) is 59.6 Å². The largest absolute Gasteiger partial charge is 0.307 e. The SMILES string of the molecule is O=c1c2c3c(sc2ncn1C1CCCC1)CC(NCc1nc(-c2ccccc2)cs1)CC3. The molecular formula is C25H26N4OS2. The first-order valence-corrected chi connectivity index (χ1v) is 13.2. The smallest absolute Gasteiger partial charge is 0.262 e. The number of thiazole rings is 1. The molecule has 0 bridgehead atoms. The number of rotatable bonds is 5. The molecule has 0 radical (unpaired) electrons. The summed E-state index contributed by atoms with van der Waals surface area (Å²) in [7, 11) is 0. The molecule has 164 valence electrons. The van der Waals surface area contributed by atoms with E-state index in [2.05, 4.69) is 35.0 Å². The maximum absolute atomic E-state index is 13.3. The van der Waals surface area contributed by atoms with Crippen LogP contribution in [-0.4, -0.2) is 20.6 Å². The van der Waals surface area contributed by atoms with Gasteiger partial charge in [0.2, 0.25) is 0 Å². The molecule has 7 heteroatoms. The summed E-state index contributed by atoms with van der Waals surface area (Å²) < 4.78 is 1.92. The van der Waals surface area contributed by atoms with Crippen LogP contribution < -0.4 is 10.9 Å². The average Bonchev–Trinajstić information content (AvgIpc) is 3.58. The fraction of sp³-hybridized carbons (Fsp3) is 0.400. The van der Waals surface area contributed by atoms with Gasteiger partial charge in [-0.2, -0.15) is 0 Å². The summed E-state index contributed by atoms with van der Waals surface area (Å²) in [5.74, 6) is 0. The fourth-order valence-corrected chi connectivity index (χ4v) is 7.17. The van der Waals surface area contributed by atoms with Gasteiger partial charge in [-0.05, 0) is 37.7 Å². The second kappa shape index (κ2) is 8.54. The summed E-state index contributed by atoms with van der Waals surface area (Å²) in [5, 5.41) is 7.86. The highest BCUT2D eigenvalue weighted by Crippen LogP contribution is 2.35. The van der Waals surface area contributed by atoms with E-state index in [1.165, 1.54) is 28.8 Å². The molecule has 1 fully saturated rings. The molecule has 1 atom stereocenters. The molecule has 2 aliphatic rings. The van der Waals surface area contributed by atoms with Gasteiger partial charge in [0.15, 0.2) is 0 Å². The Labute approximate surface area is 195 Å². The molecule has 0 aliphatic heterocycles. The highest BCUT2D eigenvalue weighted by atomic mass is 32.1. The van der Waals surface area contributed by atoms with Gasteiger partial charge in [0.05, 0.1) is 17.4 Å². The van der Waals surface area contributed by atoms with Crippen molar-refractivity contribution in [2.45, 2.75) is 63.6 Å². The summed E-state index contributed by atoms with van der Waals surface area (Å²) in [6.45, 7) is 0.787. The van der Waals surface area contributed by atoms with E-state index in [1.54, 1.807) is 29.0 Å². The molecule has 0 amide bonds. The highest BCUT2D eigenvalue weighted by Gasteiger charge is 2.27. The lowest BCUT2D eigenvalue weighted by molar-refractivity contribution is 0.462. The maximum atomic E-state index is 13.3. The minimum Gasteiger partial charge on any atom is -0.307 e. The van der Waals surface area contributed by atoms with Gasteiger partial charge in [0, 0.05) is 34.4 Å². The minimum absolute atomic E-state index is 0.182. The second-order valence-electron chi connectivity index (χ2n) is 8.89. The number of nitrogens with zero attached hydrogens (tertiary/aromatic N) is 3. The molecule has 1 saturated carbocycles. The Morgan fingerprint density at radius 1 is 1.12 bits per heavy atom. The Bertz CT molecular complexity index is 1300. The molecule has 4 aromatic rings. The van der Waals surface area contributed by atoms with E-state index in [-0.39, 0.29) is 5.56 Å². The van der Waals surface area contributed by atoms with Crippen LogP contribution in [0.2, 0.25) is 0 Å². The third kappa shape index (κ3) is 3.72. The number of aryl methyl sites for hydroxylation is 1. The molecule has 32 heavy (non-hydrogen) atoms. The van der Waals surface area contributed by atoms with Gasteiger partial charge in [-0.25, -0.2) is 9.97 Å². The maximum Gasteiger partial charge on any atom is 0.262 e. The van der Waals surface area contributed by atoms with E-state index < -0.39 is 0 Å². The van der Waals surface area contributed by atoms with Gasteiger partial charge >= 0.3 is 0 Å². The third-order valence-corrected chi connectivity index (χ3v) is 8.89. The van der Waals surface area contributed by atoms with Crippen LogP contribution in [0.15, 0.2) is 46.8 Å². The molecule has 3 aromatic heterocycles. The zero-order valence-corrected chi connectivity index (χ0v) is 19.6. The monoisotopic (exact) mass is 462 g/mol. The molecule has 6 rings (SSSR count). The van der Waals surface area contributed by atoms with Crippen LogP contribution in [0.5, 0.6) is 0 Å². The van der Waals surface area contributed by atoms with Crippen LogP contribution in [-0.2, 0) is 19.4 Å². The van der Waals surface area contributed by atoms with Gasteiger partial charge in [0.25, 0.3) is 5.56 Å². The van der Waals surface area contributed by atoms with Crippen molar-refractivity contribution >= 4 is 32.9 Å². The molecule has 0 saturated heterocycles. The van der Waals surface area contributed by atoms with Crippen molar-refractivity contribution in [3.8, 4) is 11.3 Å². The van der Waals surface area contributed by atoms with E-state index in [0.29, 0.717) is 12.1 Å². The zero-order chi connectivity index (χ0) is 21.5. The zero-order valence-electron chi connectivity index (χ0n) is 17.9. The summed E-state index contributed by atoms with van der Waals surface area (Å²) in [6, 6.07) is 11.1. The molecule has 2 aliphatic carbocycles. The molecule has 1 unspecified atom stereocenters. The predicted octanol–water partition coefficient (Wildman–Crippen LogP) is 5.34. The highest BCUT2D eigenvalue weighted by molar-refractivity contribution is 7.18. The number of aromatic nitrogens is 3. The lowest BCUT2D eigenvalue weighted by Gasteiger charge is -2.23. The van der Waals surface area contributed by atoms with Crippen molar-refractivity contribution in [3.63, 3.8) is 0 Å². The third-order valence-electron chi connectivity index (χ3n) is 6.88. The van der Waals surface area contributed by atoms with Crippen molar-refractivity contribution < 1.29 is 0 Å². The van der Waals surface area contributed by atoms with E-state index in [9.17, 15) is 4.79 Å². The number of fused-ring (bicyclic) bond motifs is 3. The van der Waals surface area contributed by atoms with Gasteiger partial charge in [-0.3, -0.25) is 9.36 Å². The minimum atomic E-state index is 0.182. The molecule has 3 heterocycles. The molecule has 1 N–H and O–H groups in total. The molecular weight excluding hydrogens is 436 g/mol. The number of hydrogen-bond acceptors (Lipinski definition) is 6. The topological polar surface area (TPSA) is 59.8 Å². The Balaban J connectivity index is 1.17. The number of benzene rings is 1. The van der Waals surface area contributed by atoms with Crippen LogP contribution >= 0.6 is 22.7 Å². The second-order valence-corrected chi connectivity index (χ2v) is 10.9. The van der Waals surface area contributed by atoms with Crippen LogP contribution in [0.25, 0.3) is 21.5 Å². The van der Waals surface area contributed by atoms with Crippen molar-refractivity contribution in [3.05, 3.63) is 67.8 Å². The predicted molar refractivity (Wildman–Crippen MR) is 132 cm³/mol. The quantitative estimate of drug-likeness (QED) is 0.435. The van der Waals surface area contributed by atoms with Crippen LogP contribution in [0.3, 0.4) is 0 Å². The van der Waals surface area contributed by atoms with Gasteiger partial charge in [0.1, 0.15) is 9.84 Å². The first-order chi connectivity index (χ1) is 15.8. The Kier molecular flexibility index (Phi) is 5.41. The van der Waals surface area contributed by atoms with Gasteiger partial charge in [-0.15, -0.1) is 22.7 Å². The van der Waals surface area contributed by atoms with Crippen molar-refractivity contribution in [1.29, 1.82) is 0 Å². The molecule has 1 aromatic carbocycles. The normalized spacial score (nSPS) is 18.9. The summed E-state index contributed by atoms with van der Waals surface area (Å²) in [6.07, 6.45) is 9.41. The van der Waals surface area contributed by atoms with Gasteiger partial charge < -0.3 is 5.32 Å². The van der Waals surface area contributed by atoms with Crippen LogP contribution in [0.4, 0.5) is 0 Å². The van der Waals surface area contributed by atoms with Crippen molar-refractivity contribution in [2.75, 3.05) is 0 Å². The van der Waals surface area contributed by atoms with Crippen molar-refractivity contribution in [2.24, 2.45) is 0 Å². The Hall–Kier alpha value is -2.35. The number of hydrogen-bond donors (Lipinski definition) is 1. The first kappa shape index (κ1) is 20.3. The lowest BCUT2D eigenvalue weighted by Crippen LogP contribution is -2.34. The summed E-state index contributed by atoms with van der Waals surface area (Å²) in [5.41, 5.74) is 3.65. The number of thiophene rings is 1. The molecule has 5 nitrogen and oxygen atoms in total. The lowest BCUT2D eigenvalue weighted by atomic mass is 9.93. The fourth-order valence-electron chi connectivity index (χ4n) is 5.16. The molecule has 0 spiro atoms. The number of nitrogens with one attached hydrogen (secondary N) is 1. The Morgan fingerprint density at radius 2 is 1.97 bits per heavy atom. The van der Waals surface area contributed by atoms with Crippen molar-refractivity contribution in [1.82, 2.24) is 19.9 Å².